The zero-order chi connectivity index (χ0) is 22.8. The van der Waals surface area contributed by atoms with Crippen LogP contribution in [-0.4, -0.2) is 9.97 Å². The number of aromatic nitrogens is 2. The molecule has 0 bridgehead atoms. The molecule has 0 aliphatic carbocycles. The molecule has 0 saturated carbocycles. The molecule has 0 aliphatic rings. The van der Waals surface area contributed by atoms with E-state index < -0.39 is 0 Å². The molecule has 4 aromatic carbocycles. The van der Waals surface area contributed by atoms with Crippen LogP contribution in [0, 0.1) is 20.8 Å². The van der Waals surface area contributed by atoms with Gasteiger partial charge in [-0.25, -0.2) is 9.97 Å². The first-order valence-corrected chi connectivity index (χ1v) is 11.3. The van der Waals surface area contributed by atoms with Crippen molar-refractivity contribution in [2.24, 2.45) is 0 Å². The topological polar surface area (TPSA) is 25.8 Å². The van der Waals surface area contributed by atoms with Crippen molar-refractivity contribution in [2.45, 2.75) is 20.8 Å². The van der Waals surface area contributed by atoms with Crippen LogP contribution in [0.15, 0.2) is 103 Å². The van der Waals surface area contributed by atoms with Gasteiger partial charge in [0.05, 0.1) is 5.69 Å². The molecule has 160 valence electrons. The SMILES string of the molecule is Cc1nc(C)c(C)c(-c2ccc(-c3cc(-c4ccccc4)cc(-c4ccccc4)c3)cc2)n1. The highest BCUT2D eigenvalue weighted by Gasteiger charge is 2.11. The van der Waals surface area contributed by atoms with Gasteiger partial charge in [-0.05, 0) is 77.9 Å². The van der Waals surface area contributed by atoms with E-state index in [9.17, 15) is 0 Å². The van der Waals surface area contributed by atoms with Crippen molar-refractivity contribution in [3.8, 4) is 44.6 Å². The lowest BCUT2D eigenvalue weighted by molar-refractivity contribution is 0.992. The lowest BCUT2D eigenvalue weighted by Gasteiger charge is -2.13. The molecular formula is C31H26N2. The van der Waals surface area contributed by atoms with Crippen molar-refractivity contribution in [3.05, 3.63) is 120 Å². The van der Waals surface area contributed by atoms with Gasteiger partial charge in [-0.1, -0.05) is 84.9 Å². The number of rotatable bonds is 4. The van der Waals surface area contributed by atoms with E-state index in [1.807, 2.05) is 13.8 Å². The average Bonchev–Trinajstić information content (AvgIpc) is 2.87. The zero-order valence-electron chi connectivity index (χ0n) is 19.2. The molecule has 1 aromatic heterocycles. The number of benzene rings is 4. The summed E-state index contributed by atoms with van der Waals surface area (Å²) in [7, 11) is 0. The largest absolute Gasteiger partial charge is 0.238 e. The van der Waals surface area contributed by atoms with E-state index in [-0.39, 0.29) is 0 Å². The zero-order valence-corrected chi connectivity index (χ0v) is 19.2. The minimum absolute atomic E-state index is 0.806. The van der Waals surface area contributed by atoms with Crippen LogP contribution in [0.25, 0.3) is 44.6 Å². The van der Waals surface area contributed by atoms with Crippen molar-refractivity contribution in [2.75, 3.05) is 0 Å². The van der Waals surface area contributed by atoms with E-state index >= 15 is 0 Å². The molecule has 2 heteroatoms. The molecule has 2 nitrogen and oxygen atoms in total. The summed E-state index contributed by atoms with van der Waals surface area (Å²) in [6, 6.07) is 36.7. The standard InChI is InChI=1S/C31H26N2/c1-21-22(2)32-23(3)33-31(21)27-16-14-26(15-17-27)30-19-28(24-10-6-4-7-11-24)18-29(20-30)25-12-8-5-9-13-25/h4-20H,1-3H3. The predicted molar refractivity (Wildman–Crippen MR) is 138 cm³/mol. The molecule has 0 aliphatic heterocycles. The molecule has 0 radical (unpaired) electrons. The monoisotopic (exact) mass is 426 g/mol. The van der Waals surface area contributed by atoms with Crippen molar-refractivity contribution >= 4 is 0 Å². The van der Waals surface area contributed by atoms with Crippen molar-refractivity contribution in [3.63, 3.8) is 0 Å². The smallest absolute Gasteiger partial charge is 0.126 e. The van der Waals surface area contributed by atoms with Gasteiger partial charge in [-0.15, -0.1) is 0 Å². The van der Waals surface area contributed by atoms with Gasteiger partial charge in [0.25, 0.3) is 0 Å². The third-order valence-electron chi connectivity index (χ3n) is 6.14. The Hall–Kier alpha value is -4.04. The van der Waals surface area contributed by atoms with Gasteiger partial charge in [0.1, 0.15) is 5.82 Å². The first-order chi connectivity index (χ1) is 16.1. The van der Waals surface area contributed by atoms with Gasteiger partial charge >= 0.3 is 0 Å². The van der Waals surface area contributed by atoms with Crippen molar-refractivity contribution < 1.29 is 0 Å². The highest BCUT2D eigenvalue weighted by atomic mass is 14.9. The van der Waals surface area contributed by atoms with Crippen LogP contribution in [0.4, 0.5) is 0 Å². The van der Waals surface area contributed by atoms with Gasteiger partial charge in [-0.2, -0.15) is 0 Å². The van der Waals surface area contributed by atoms with Gasteiger partial charge in [0.2, 0.25) is 0 Å². The number of aryl methyl sites for hydroxylation is 2. The molecule has 5 aromatic rings. The van der Waals surface area contributed by atoms with E-state index in [2.05, 4.69) is 115 Å². The van der Waals surface area contributed by atoms with Crippen LogP contribution in [0.3, 0.4) is 0 Å². The van der Waals surface area contributed by atoms with Crippen LogP contribution in [0.1, 0.15) is 17.1 Å². The minimum atomic E-state index is 0.806. The first-order valence-electron chi connectivity index (χ1n) is 11.3. The maximum atomic E-state index is 4.70. The summed E-state index contributed by atoms with van der Waals surface area (Å²) in [6.45, 7) is 6.08. The van der Waals surface area contributed by atoms with Gasteiger partial charge < -0.3 is 0 Å². The normalized spacial score (nSPS) is 10.9. The van der Waals surface area contributed by atoms with Crippen molar-refractivity contribution in [1.82, 2.24) is 9.97 Å². The Labute approximate surface area is 195 Å². The second-order valence-corrected chi connectivity index (χ2v) is 8.44. The first kappa shape index (κ1) is 20.8. The van der Waals surface area contributed by atoms with E-state index in [4.69, 9.17) is 4.98 Å². The van der Waals surface area contributed by atoms with Crippen LogP contribution < -0.4 is 0 Å². The van der Waals surface area contributed by atoms with Crippen LogP contribution in [0.5, 0.6) is 0 Å². The number of nitrogens with zero attached hydrogens (tertiary/aromatic N) is 2. The molecule has 1 heterocycles. The molecule has 0 atom stereocenters. The summed E-state index contributed by atoms with van der Waals surface area (Å²) in [4.78, 5) is 9.19. The fourth-order valence-corrected chi connectivity index (χ4v) is 4.26. The predicted octanol–water partition coefficient (Wildman–Crippen LogP) is 8.07. The Kier molecular flexibility index (Phi) is 5.58. The highest BCUT2D eigenvalue weighted by Crippen LogP contribution is 2.34. The Morgan fingerprint density at radius 3 is 1.33 bits per heavy atom. The molecule has 33 heavy (non-hydrogen) atoms. The molecular weight excluding hydrogens is 400 g/mol. The summed E-state index contributed by atoms with van der Waals surface area (Å²) in [5.41, 5.74) is 11.6. The molecule has 0 unspecified atom stereocenters. The molecule has 0 spiro atoms. The lowest BCUT2D eigenvalue weighted by atomic mass is 9.93. The molecule has 0 amide bonds. The summed E-state index contributed by atoms with van der Waals surface area (Å²) < 4.78 is 0. The Morgan fingerprint density at radius 2 is 0.848 bits per heavy atom. The van der Waals surface area contributed by atoms with E-state index in [1.54, 1.807) is 0 Å². The van der Waals surface area contributed by atoms with E-state index in [0.29, 0.717) is 0 Å². The summed E-state index contributed by atoms with van der Waals surface area (Å²) in [6.07, 6.45) is 0. The van der Waals surface area contributed by atoms with Crippen LogP contribution >= 0.6 is 0 Å². The quantitative estimate of drug-likeness (QED) is 0.290. The number of hydrogen-bond donors (Lipinski definition) is 0. The van der Waals surface area contributed by atoms with Crippen molar-refractivity contribution in [1.29, 1.82) is 0 Å². The van der Waals surface area contributed by atoms with Gasteiger partial charge in [0, 0.05) is 11.3 Å². The van der Waals surface area contributed by atoms with Gasteiger partial charge in [-0.3, -0.25) is 0 Å². The Morgan fingerprint density at radius 1 is 0.424 bits per heavy atom. The van der Waals surface area contributed by atoms with Gasteiger partial charge in [0.15, 0.2) is 0 Å². The summed E-state index contributed by atoms with van der Waals surface area (Å²) in [5.74, 6) is 0.806. The second-order valence-electron chi connectivity index (χ2n) is 8.44. The lowest BCUT2D eigenvalue weighted by Crippen LogP contribution is -1.98. The number of hydrogen-bond acceptors (Lipinski definition) is 2. The third kappa shape index (κ3) is 4.33. The average molecular weight is 427 g/mol. The van der Waals surface area contributed by atoms with Crippen LogP contribution in [0.2, 0.25) is 0 Å². The maximum absolute atomic E-state index is 4.70. The molecule has 0 fully saturated rings. The Balaban J connectivity index is 1.60. The van der Waals surface area contributed by atoms with E-state index in [1.165, 1.54) is 33.4 Å². The maximum Gasteiger partial charge on any atom is 0.126 e. The minimum Gasteiger partial charge on any atom is -0.238 e. The fraction of sp³-hybridized carbons (Fsp3) is 0.0968. The summed E-state index contributed by atoms with van der Waals surface area (Å²) in [5, 5.41) is 0. The second kappa shape index (κ2) is 8.84. The third-order valence-corrected chi connectivity index (χ3v) is 6.14. The fourth-order valence-electron chi connectivity index (χ4n) is 4.26. The molecule has 0 saturated heterocycles. The highest BCUT2D eigenvalue weighted by molar-refractivity contribution is 5.82. The summed E-state index contributed by atoms with van der Waals surface area (Å²) >= 11 is 0. The molecule has 0 N–H and O–H groups in total. The van der Waals surface area contributed by atoms with Crippen LogP contribution in [-0.2, 0) is 0 Å². The van der Waals surface area contributed by atoms with E-state index in [0.717, 1.165) is 28.3 Å². The molecule has 5 rings (SSSR count). The Bertz CT molecular complexity index is 1350.